The summed E-state index contributed by atoms with van der Waals surface area (Å²) in [5.74, 6) is 0.0962. The number of aliphatic hydroxyl groups is 1. The molecule has 6 nitrogen and oxygen atoms in total. The maximum absolute atomic E-state index is 12.6. The summed E-state index contributed by atoms with van der Waals surface area (Å²) >= 11 is 0. The molecule has 6 heteroatoms. The van der Waals surface area contributed by atoms with Crippen molar-refractivity contribution in [2.24, 2.45) is 7.05 Å². The summed E-state index contributed by atoms with van der Waals surface area (Å²) in [5, 5.41) is 14.1. The van der Waals surface area contributed by atoms with Gasteiger partial charge >= 0.3 is 0 Å². The molecule has 140 valence electrons. The Balaban J connectivity index is 1.62. The highest BCUT2D eigenvalue weighted by atomic mass is 16.5. The first-order chi connectivity index (χ1) is 12.5. The molecule has 0 spiro atoms. The van der Waals surface area contributed by atoms with Crippen LogP contribution in [0.4, 0.5) is 0 Å². The van der Waals surface area contributed by atoms with Crippen LogP contribution >= 0.6 is 0 Å². The zero-order valence-electron chi connectivity index (χ0n) is 15.5. The number of hydrogen-bond donors (Lipinski definition) is 1. The molecule has 3 rings (SSSR count). The Morgan fingerprint density at radius 2 is 2.08 bits per heavy atom. The van der Waals surface area contributed by atoms with Crippen molar-refractivity contribution >= 4 is 5.91 Å². The van der Waals surface area contributed by atoms with Gasteiger partial charge in [0.05, 0.1) is 26.0 Å². The first-order valence-corrected chi connectivity index (χ1v) is 9.05. The van der Waals surface area contributed by atoms with Crippen molar-refractivity contribution in [1.29, 1.82) is 0 Å². The van der Waals surface area contributed by atoms with Crippen LogP contribution in [0.15, 0.2) is 36.7 Å². The predicted octanol–water partition coefficient (Wildman–Crippen LogP) is 1.49. The van der Waals surface area contributed by atoms with E-state index in [2.05, 4.69) is 29.4 Å². The third-order valence-electron chi connectivity index (χ3n) is 4.92. The molecule has 0 unspecified atom stereocenters. The Hall–Kier alpha value is -2.18. The van der Waals surface area contributed by atoms with Gasteiger partial charge in [0.25, 0.3) is 0 Å². The third kappa shape index (κ3) is 4.51. The fourth-order valence-corrected chi connectivity index (χ4v) is 3.40. The van der Waals surface area contributed by atoms with Gasteiger partial charge < -0.3 is 14.7 Å². The number of carbonyl (C=O) groups is 1. The third-order valence-corrected chi connectivity index (χ3v) is 4.92. The second-order valence-corrected chi connectivity index (χ2v) is 7.19. The van der Waals surface area contributed by atoms with Gasteiger partial charge in [0.2, 0.25) is 5.91 Å². The molecule has 26 heavy (non-hydrogen) atoms. The Labute approximate surface area is 154 Å². The molecule has 1 aromatic carbocycles. The van der Waals surface area contributed by atoms with E-state index < -0.39 is 5.60 Å². The first-order valence-electron chi connectivity index (χ1n) is 9.05. The van der Waals surface area contributed by atoms with Crippen molar-refractivity contribution in [2.75, 3.05) is 26.3 Å². The van der Waals surface area contributed by atoms with Crippen molar-refractivity contribution in [3.63, 3.8) is 0 Å². The minimum absolute atomic E-state index is 0.0962. The highest BCUT2D eigenvalue weighted by Gasteiger charge is 2.38. The molecule has 1 amide bonds. The maximum Gasteiger partial charge on any atom is 0.223 e. The van der Waals surface area contributed by atoms with E-state index in [1.807, 2.05) is 25.1 Å². The normalized spacial score (nSPS) is 20.3. The van der Waals surface area contributed by atoms with Crippen LogP contribution in [0.2, 0.25) is 0 Å². The second kappa shape index (κ2) is 8.01. The number of aryl methyl sites for hydroxylation is 3. The average Bonchev–Trinajstić information content (AvgIpc) is 3.07. The van der Waals surface area contributed by atoms with Gasteiger partial charge in [0, 0.05) is 32.6 Å². The standard InChI is InChI=1S/C20H27N3O3/c1-16-3-5-17(6-4-16)11-20(15-24)14-23(9-10-26-20)19(25)8-7-18-12-21-22(2)13-18/h3-6,12-13,24H,7-11,14-15H2,1-2H3/t20-/m0/s1. The molecular weight excluding hydrogens is 330 g/mol. The monoisotopic (exact) mass is 357 g/mol. The van der Waals surface area contributed by atoms with Crippen LogP contribution in [-0.2, 0) is 29.4 Å². The molecule has 1 N–H and O–H groups in total. The smallest absolute Gasteiger partial charge is 0.223 e. The number of aromatic nitrogens is 2. The number of benzene rings is 1. The van der Waals surface area contributed by atoms with E-state index in [1.54, 1.807) is 10.9 Å². The molecule has 1 aliphatic rings. The molecular formula is C20H27N3O3. The molecule has 2 heterocycles. The lowest BCUT2D eigenvalue weighted by Gasteiger charge is -2.42. The van der Waals surface area contributed by atoms with Crippen molar-refractivity contribution in [1.82, 2.24) is 14.7 Å². The second-order valence-electron chi connectivity index (χ2n) is 7.19. The minimum atomic E-state index is -0.725. The maximum atomic E-state index is 12.6. The summed E-state index contributed by atoms with van der Waals surface area (Å²) in [6.07, 6.45) is 5.44. The van der Waals surface area contributed by atoms with Gasteiger partial charge in [-0.3, -0.25) is 9.48 Å². The van der Waals surface area contributed by atoms with Crippen LogP contribution in [0.1, 0.15) is 23.1 Å². The molecule has 1 saturated heterocycles. The van der Waals surface area contributed by atoms with Crippen LogP contribution in [-0.4, -0.2) is 57.6 Å². The Kier molecular flexibility index (Phi) is 5.74. The van der Waals surface area contributed by atoms with Crippen molar-refractivity contribution < 1.29 is 14.6 Å². The number of carbonyl (C=O) groups excluding carboxylic acids is 1. The lowest BCUT2D eigenvalue weighted by molar-refractivity contribution is -0.157. The number of nitrogens with zero attached hydrogens (tertiary/aromatic N) is 3. The lowest BCUT2D eigenvalue weighted by atomic mass is 9.92. The van der Waals surface area contributed by atoms with Crippen LogP contribution in [0.5, 0.6) is 0 Å². The Morgan fingerprint density at radius 1 is 1.31 bits per heavy atom. The van der Waals surface area contributed by atoms with Gasteiger partial charge in [-0.1, -0.05) is 29.8 Å². The molecule has 0 saturated carbocycles. The van der Waals surface area contributed by atoms with E-state index >= 15 is 0 Å². The van der Waals surface area contributed by atoms with Crippen molar-refractivity contribution in [3.05, 3.63) is 53.3 Å². The van der Waals surface area contributed by atoms with Gasteiger partial charge in [-0.2, -0.15) is 5.10 Å². The molecule has 0 aliphatic carbocycles. The predicted molar refractivity (Wildman–Crippen MR) is 98.8 cm³/mol. The topological polar surface area (TPSA) is 67.6 Å². The zero-order chi connectivity index (χ0) is 18.6. The minimum Gasteiger partial charge on any atom is -0.393 e. The van der Waals surface area contributed by atoms with E-state index in [0.29, 0.717) is 39.0 Å². The molecule has 1 fully saturated rings. The number of aliphatic hydroxyl groups excluding tert-OH is 1. The summed E-state index contributed by atoms with van der Waals surface area (Å²) in [4.78, 5) is 14.5. The molecule has 0 radical (unpaired) electrons. The van der Waals surface area contributed by atoms with Gasteiger partial charge in [-0.15, -0.1) is 0 Å². The fourth-order valence-electron chi connectivity index (χ4n) is 3.40. The van der Waals surface area contributed by atoms with E-state index in [0.717, 1.165) is 11.1 Å². The molecule has 1 aliphatic heterocycles. The first kappa shape index (κ1) is 18.6. The highest BCUT2D eigenvalue weighted by molar-refractivity contribution is 5.76. The van der Waals surface area contributed by atoms with E-state index in [1.165, 1.54) is 5.56 Å². The summed E-state index contributed by atoms with van der Waals surface area (Å²) < 4.78 is 7.68. The lowest BCUT2D eigenvalue weighted by Crippen LogP contribution is -2.56. The van der Waals surface area contributed by atoms with Gasteiger partial charge in [0.1, 0.15) is 5.60 Å². The summed E-state index contributed by atoms with van der Waals surface area (Å²) in [7, 11) is 1.87. The zero-order valence-corrected chi connectivity index (χ0v) is 15.5. The van der Waals surface area contributed by atoms with Crippen LogP contribution < -0.4 is 0 Å². The summed E-state index contributed by atoms with van der Waals surface area (Å²) in [5.41, 5.74) is 2.64. The van der Waals surface area contributed by atoms with Crippen LogP contribution in [0.25, 0.3) is 0 Å². The van der Waals surface area contributed by atoms with Gasteiger partial charge in [-0.25, -0.2) is 0 Å². The van der Waals surface area contributed by atoms with E-state index in [9.17, 15) is 9.90 Å². The van der Waals surface area contributed by atoms with Crippen LogP contribution in [0, 0.1) is 6.92 Å². The van der Waals surface area contributed by atoms with Crippen LogP contribution in [0.3, 0.4) is 0 Å². The molecule has 1 atom stereocenters. The number of hydrogen-bond acceptors (Lipinski definition) is 4. The van der Waals surface area contributed by atoms with Gasteiger partial charge in [-0.05, 0) is 24.5 Å². The van der Waals surface area contributed by atoms with Crippen molar-refractivity contribution in [2.45, 2.75) is 31.8 Å². The molecule has 2 aromatic rings. The summed E-state index contributed by atoms with van der Waals surface area (Å²) in [6.45, 7) is 3.38. The highest BCUT2D eigenvalue weighted by Crippen LogP contribution is 2.24. The van der Waals surface area contributed by atoms with E-state index in [4.69, 9.17) is 4.74 Å². The Bertz CT molecular complexity index is 741. The molecule has 1 aromatic heterocycles. The van der Waals surface area contributed by atoms with Crippen molar-refractivity contribution in [3.8, 4) is 0 Å². The summed E-state index contributed by atoms with van der Waals surface area (Å²) in [6, 6.07) is 8.22. The van der Waals surface area contributed by atoms with Gasteiger partial charge in [0.15, 0.2) is 0 Å². The average molecular weight is 357 g/mol. The van der Waals surface area contributed by atoms with E-state index in [-0.39, 0.29) is 12.5 Å². The molecule has 0 bridgehead atoms. The quantitative estimate of drug-likeness (QED) is 0.851. The number of ether oxygens (including phenoxy) is 1. The Morgan fingerprint density at radius 3 is 2.73 bits per heavy atom. The number of morpholine rings is 1. The number of rotatable bonds is 6. The SMILES string of the molecule is Cc1ccc(C[C@@]2(CO)CN(C(=O)CCc3cnn(C)c3)CCO2)cc1. The largest absolute Gasteiger partial charge is 0.393 e. The fraction of sp³-hybridized carbons (Fsp3) is 0.500. The number of amides is 1.